The van der Waals surface area contributed by atoms with E-state index >= 15 is 0 Å². The fourth-order valence-corrected chi connectivity index (χ4v) is 1.22. The zero-order chi connectivity index (χ0) is 10.4. The molecule has 0 aromatic rings. The Morgan fingerprint density at radius 1 is 1.64 bits per heavy atom. The first kappa shape index (κ1) is 10.7. The van der Waals surface area contributed by atoms with Gasteiger partial charge in [0.2, 0.25) is 5.91 Å². The van der Waals surface area contributed by atoms with E-state index in [0.717, 1.165) is 5.71 Å². The van der Waals surface area contributed by atoms with E-state index in [4.69, 9.17) is 4.74 Å². The highest BCUT2D eigenvalue weighted by molar-refractivity contribution is 6.04. The van der Waals surface area contributed by atoms with Crippen LogP contribution in [0.15, 0.2) is 5.10 Å². The lowest BCUT2D eigenvalue weighted by molar-refractivity contribution is -0.143. The van der Waals surface area contributed by atoms with Crippen molar-refractivity contribution in [3.8, 4) is 0 Å². The Kier molecular flexibility index (Phi) is 4.10. The van der Waals surface area contributed by atoms with Gasteiger partial charge in [0.1, 0.15) is 0 Å². The molecule has 1 heterocycles. The number of carbonyl (C=O) groups excluding carboxylic acids is 2. The number of hydrogen-bond acceptors (Lipinski definition) is 4. The van der Waals surface area contributed by atoms with Gasteiger partial charge in [-0.05, 0) is 19.8 Å². The van der Waals surface area contributed by atoms with Crippen molar-refractivity contribution in [2.45, 2.75) is 32.6 Å². The van der Waals surface area contributed by atoms with Crippen molar-refractivity contribution < 1.29 is 14.3 Å². The summed E-state index contributed by atoms with van der Waals surface area (Å²) < 4.78 is 4.77. The predicted molar refractivity (Wildman–Crippen MR) is 50.7 cm³/mol. The van der Waals surface area contributed by atoms with Crippen molar-refractivity contribution >= 4 is 17.6 Å². The Morgan fingerprint density at radius 3 is 3.00 bits per heavy atom. The minimum atomic E-state index is -0.189. The molecule has 0 radical (unpaired) electrons. The molecule has 0 atom stereocenters. The Morgan fingerprint density at radius 2 is 2.43 bits per heavy atom. The van der Waals surface area contributed by atoms with Crippen molar-refractivity contribution in [3.05, 3.63) is 0 Å². The molecule has 0 aliphatic carbocycles. The van der Waals surface area contributed by atoms with Gasteiger partial charge >= 0.3 is 5.97 Å². The number of hydrogen-bond donors (Lipinski definition) is 1. The molecule has 0 unspecified atom stereocenters. The third-order valence-electron chi connectivity index (χ3n) is 1.85. The zero-order valence-corrected chi connectivity index (χ0v) is 8.21. The van der Waals surface area contributed by atoms with Gasteiger partial charge in [-0.15, -0.1) is 0 Å². The molecule has 1 N–H and O–H groups in total. The van der Waals surface area contributed by atoms with Gasteiger partial charge in [0.05, 0.1) is 13.0 Å². The van der Waals surface area contributed by atoms with Gasteiger partial charge < -0.3 is 4.74 Å². The Hall–Kier alpha value is -1.39. The number of ether oxygens (including phenoxy) is 1. The lowest BCUT2D eigenvalue weighted by Crippen LogP contribution is -2.09. The van der Waals surface area contributed by atoms with E-state index in [9.17, 15) is 9.59 Å². The molecule has 0 saturated heterocycles. The van der Waals surface area contributed by atoms with Crippen molar-refractivity contribution in [2.75, 3.05) is 6.61 Å². The second kappa shape index (κ2) is 5.36. The summed E-state index contributed by atoms with van der Waals surface area (Å²) in [6, 6.07) is 0. The second-order valence-corrected chi connectivity index (χ2v) is 3.05. The van der Waals surface area contributed by atoms with Crippen LogP contribution >= 0.6 is 0 Å². The highest BCUT2D eigenvalue weighted by Gasteiger charge is 2.14. The number of rotatable bonds is 5. The van der Waals surface area contributed by atoms with Gasteiger partial charge in [-0.2, -0.15) is 5.10 Å². The van der Waals surface area contributed by atoms with Crippen LogP contribution in [0.2, 0.25) is 0 Å². The smallest absolute Gasteiger partial charge is 0.305 e. The topological polar surface area (TPSA) is 67.8 Å². The van der Waals surface area contributed by atoms with Gasteiger partial charge in [-0.1, -0.05) is 0 Å². The summed E-state index contributed by atoms with van der Waals surface area (Å²) in [6.07, 6.45) is 2.12. The van der Waals surface area contributed by atoms with Crippen LogP contribution in [0.25, 0.3) is 0 Å². The molecular weight excluding hydrogens is 184 g/mol. The van der Waals surface area contributed by atoms with Crippen LogP contribution < -0.4 is 5.43 Å². The molecule has 78 valence electrons. The minimum Gasteiger partial charge on any atom is -0.466 e. The van der Waals surface area contributed by atoms with Crippen LogP contribution in [0.1, 0.15) is 32.6 Å². The summed E-state index contributed by atoms with van der Waals surface area (Å²) >= 11 is 0. The maximum absolute atomic E-state index is 10.9. The van der Waals surface area contributed by atoms with Crippen LogP contribution in [-0.4, -0.2) is 24.2 Å². The SMILES string of the molecule is CCOC(=O)CCCC1=NNC(=O)C1. The van der Waals surface area contributed by atoms with Crippen LogP contribution in [0.4, 0.5) is 0 Å². The number of carbonyl (C=O) groups is 2. The van der Waals surface area contributed by atoms with E-state index in [1.165, 1.54) is 0 Å². The summed E-state index contributed by atoms with van der Waals surface area (Å²) in [4.78, 5) is 21.7. The quantitative estimate of drug-likeness (QED) is 0.657. The second-order valence-electron chi connectivity index (χ2n) is 3.05. The van der Waals surface area contributed by atoms with Gasteiger partial charge in [0.25, 0.3) is 0 Å². The summed E-state index contributed by atoms with van der Waals surface area (Å²) in [5, 5.41) is 3.82. The van der Waals surface area contributed by atoms with Crippen molar-refractivity contribution in [1.82, 2.24) is 5.43 Å². The molecule has 0 aromatic carbocycles. The third-order valence-corrected chi connectivity index (χ3v) is 1.85. The average Bonchev–Trinajstić information content (AvgIpc) is 2.52. The lowest BCUT2D eigenvalue weighted by atomic mass is 10.1. The van der Waals surface area contributed by atoms with Gasteiger partial charge in [0.15, 0.2) is 0 Å². The number of hydrazone groups is 1. The van der Waals surface area contributed by atoms with Crippen molar-refractivity contribution in [2.24, 2.45) is 5.10 Å². The van der Waals surface area contributed by atoms with Gasteiger partial charge in [-0.25, -0.2) is 5.43 Å². The van der Waals surface area contributed by atoms with Crippen LogP contribution in [-0.2, 0) is 14.3 Å². The Labute approximate surface area is 82.5 Å². The van der Waals surface area contributed by atoms with E-state index in [1.807, 2.05) is 0 Å². The monoisotopic (exact) mass is 198 g/mol. The fraction of sp³-hybridized carbons (Fsp3) is 0.667. The number of nitrogens with one attached hydrogen (secondary N) is 1. The molecular formula is C9H14N2O3. The summed E-state index contributed by atoms with van der Waals surface area (Å²) in [5.74, 6) is -0.262. The Bertz CT molecular complexity index is 261. The third kappa shape index (κ3) is 3.55. The molecule has 1 rings (SSSR count). The first-order chi connectivity index (χ1) is 6.72. The van der Waals surface area contributed by atoms with E-state index in [-0.39, 0.29) is 11.9 Å². The molecule has 1 aliphatic heterocycles. The number of esters is 1. The molecule has 0 spiro atoms. The molecule has 0 fully saturated rings. The lowest BCUT2D eigenvalue weighted by Gasteiger charge is -2.00. The first-order valence-electron chi connectivity index (χ1n) is 4.72. The maximum Gasteiger partial charge on any atom is 0.305 e. The molecule has 5 heteroatoms. The normalized spacial score (nSPS) is 14.9. The number of nitrogens with zero attached hydrogens (tertiary/aromatic N) is 1. The average molecular weight is 198 g/mol. The van der Waals surface area contributed by atoms with E-state index < -0.39 is 0 Å². The van der Waals surface area contributed by atoms with Crippen LogP contribution in [0, 0.1) is 0 Å². The number of amides is 1. The molecule has 1 aliphatic rings. The maximum atomic E-state index is 10.9. The minimum absolute atomic E-state index is 0.0730. The van der Waals surface area contributed by atoms with E-state index in [2.05, 4.69) is 10.5 Å². The predicted octanol–water partition coefficient (Wildman–Crippen LogP) is 0.596. The molecule has 5 nitrogen and oxygen atoms in total. The van der Waals surface area contributed by atoms with Crippen LogP contribution in [0.3, 0.4) is 0 Å². The molecule has 1 amide bonds. The highest BCUT2D eigenvalue weighted by atomic mass is 16.5. The molecule has 0 saturated carbocycles. The van der Waals surface area contributed by atoms with Crippen LogP contribution in [0.5, 0.6) is 0 Å². The van der Waals surface area contributed by atoms with Crippen molar-refractivity contribution in [1.29, 1.82) is 0 Å². The molecule has 0 aromatic heterocycles. The van der Waals surface area contributed by atoms with Gasteiger partial charge in [-0.3, -0.25) is 9.59 Å². The van der Waals surface area contributed by atoms with E-state index in [1.54, 1.807) is 6.92 Å². The summed E-state index contributed by atoms with van der Waals surface area (Å²) in [6.45, 7) is 2.20. The summed E-state index contributed by atoms with van der Waals surface area (Å²) in [5.41, 5.74) is 3.18. The Balaban J connectivity index is 2.10. The molecule has 0 bridgehead atoms. The zero-order valence-electron chi connectivity index (χ0n) is 8.21. The first-order valence-corrected chi connectivity index (χ1v) is 4.72. The van der Waals surface area contributed by atoms with E-state index in [0.29, 0.717) is 32.3 Å². The largest absolute Gasteiger partial charge is 0.466 e. The summed E-state index contributed by atoms with van der Waals surface area (Å²) in [7, 11) is 0. The highest BCUT2D eigenvalue weighted by Crippen LogP contribution is 2.05. The van der Waals surface area contributed by atoms with Gasteiger partial charge in [0, 0.05) is 12.1 Å². The van der Waals surface area contributed by atoms with Crippen molar-refractivity contribution in [3.63, 3.8) is 0 Å². The fourth-order valence-electron chi connectivity index (χ4n) is 1.22. The molecule has 14 heavy (non-hydrogen) atoms. The standard InChI is InChI=1S/C9H14N2O3/c1-2-14-9(13)5-3-4-7-6-8(12)11-10-7/h2-6H2,1H3,(H,11,12).